The van der Waals surface area contributed by atoms with E-state index in [9.17, 15) is 0 Å². The van der Waals surface area contributed by atoms with Crippen molar-refractivity contribution < 1.29 is 21.1 Å². The first kappa shape index (κ1) is 21.1. The minimum absolute atomic E-state index is 0. The van der Waals surface area contributed by atoms with Gasteiger partial charge in [-0.05, 0) is 107 Å². The van der Waals surface area contributed by atoms with Gasteiger partial charge in [0.1, 0.15) is 0 Å². The number of hydrogen-bond acceptors (Lipinski definition) is 2. The van der Waals surface area contributed by atoms with Gasteiger partial charge in [0.05, 0.1) is 22.8 Å². The summed E-state index contributed by atoms with van der Waals surface area (Å²) in [5.41, 5.74) is 10.0. The third-order valence-electron chi connectivity index (χ3n) is 5.32. The molecule has 3 aromatic heterocycles. The van der Waals surface area contributed by atoms with Gasteiger partial charge in [-0.15, -0.1) is 0 Å². The van der Waals surface area contributed by atoms with Gasteiger partial charge in [-0.3, -0.25) is 0 Å². The van der Waals surface area contributed by atoms with Crippen LogP contribution in [0, 0.1) is 3.57 Å². The minimum atomic E-state index is 0. The number of rotatable bonds is 1. The topological polar surface area (TPSA) is 57.4 Å². The molecule has 0 atom stereocenters. The van der Waals surface area contributed by atoms with E-state index in [1.165, 1.54) is 3.57 Å². The van der Waals surface area contributed by atoms with Crippen molar-refractivity contribution in [2.24, 2.45) is 0 Å². The van der Waals surface area contributed by atoms with E-state index in [0.717, 1.165) is 56.0 Å². The van der Waals surface area contributed by atoms with Gasteiger partial charge >= 0.3 is 0 Å². The Morgan fingerprint density at radius 3 is 1.81 bits per heavy atom. The number of aromatic amines is 2. The largest absolute Gasteiger partial charge is 0.355 e. The average molecular weight is 707 g/mol. The molecule has 2 N–H and O–H groups in total. The molecule has 0 amide bonds. The number of hydrogen-bond donors (Lipinski definition) is 2. The molecule has 6 rings (SSSR count). The van der Waals surface area contributed by atoms with Crippen LogP contribution in [0.25, 0.3) is 45.9 Å². The van der Waals surface area contributed by atoms with Gasteiger partial charge in [0.15, 0.2) is 0 Å². The van der Waals surface area contributed by atoms with Crippen LogP contribution in [0.1, 0.15) is 28.3 Å². The van der Waals surface area contributed by atoms with Crippen LogP contribution in [0.15, 0.2) is 72.8 Å². The van der Waals surface area contributed by atoms with Gasteiger partial charge in [-0.25, -0.2) is 9.97 Å². The second-order valence-corrected chi connectivity index (χ2v) is 8.84. The molecule has 158 valence electrons. The molecule has 2 aliphatic rings. The molecule has 0 aliphatic carbocycles. The fourth-order valence-electron chi connectivity index (χ4n) is 3.88. The molecular formula is C26H17IN4Pt. The van der Waals surface area contributed by atoms with Gasteiger partial charge in [0.2, 0.25) is 0 Å². The molecule has 8 bridgehead atoms. The molecule has 5 heterocycles. The zero-order valence-electron chi connectivity index (χ0n) is 16.7. The quantitative estimate of drug-likeness (QED) is 0.188. The van der Waals surface area contributed by atoms with E-state index in [2.05, 4.69) is 111 Å². The van der Waals surface area contributed by atoms with Crippen molar-refractivity contribution in [3.8, 4) is 0 Å². The third kappa shape index (κ3) is 4.27. The predicted molar refractivity (Wildman–Crippen MR) is 136 cm³/mol. The summed E-state index contributed by atoms with van der Waals surface area (Å²) >= 11 is 2.33. The van der Waals surface area contributed by atoms with Gasteiger partial charge in [-0.1, -0.05) is 12.1 Å². The summed E-state index contributed by atoms with van der Waals surface area (Å²) in [5.74, 6) is 0. The Balaban J connectivity index is 0.00000216. The molecule has 0 radical (unpaired) electrons. The number of aromatic nitrogens is 4. The van der Waals surface area contributed by atoms with Crippen molar-refractivity contribution in [1.82, 2.24) is 19.9 Å². The fraction of sp³-hybridized carbons (Fsp3) is 0. The van der Waals surface area contributed by atoms with Crippen LogP contribution in [0.2, 0.25) is 0 Å². The molecule has 6 heteroatoms. The SMILES string of the molecule is Ic1ccc(C2=Cc3cc4ccc(cc5ccc(cc6nc(cc2n3)C=C6)[nH]5)[nH]4)cc1.[Pt]. The Hall–Kier alpha value is -2.76. The van der Waals surface area contributed by atoms with Crippen LogP contribution >= 0.6 is 22.6 Å². The molecule has 0 saturated carbocycles. The number of nitrogens with one attached hydrogen (secondary N) is 2. The van der Waals surface area contributed by atoms with Crippen LogP contribution < -0.4 is 0 Å². The summed E-state index contributed by atoms with van der Waals surface area (Å²) in [6, 6.07) is 25.1. The first-order chi connectivity index (χ1) is 15.2. The predicted octanol–water partition coefficient (Wildman–Crippen LogP) is 6.68. The van der Waals surface area contributed by atoms with E-state index in [-0.39, 0.29) is 21.1 Å². The van der Waals surface area contributed by atoms with E-state index < -0.39 is 0 Å². The maximum atomic E-state index is 4.92. The zero-order valence-corrected chi connectivity index (χ0v) is 21.2. The molecule has 0 fully saturated rings. The van der Waals surface area contributed by atoms with Crippen molar-refractivity contribution in [2.45, 2.75) is 0 Å². The zero-order chi connectivity index (χ0) is 20.8. The molecule has 1 aromatic carbocycles. The summed E-state index contributed by atoms with van der Waals surface area (Å²) in [5, 5.41) is 0. The molecule has 4 aromatic rings. The first-order valence-corrected chi connectivity index (χ1v) is 11.1. The molecular weight excluding hydrogens is 690 g/mol. The molecule has 4 nitrogen and oxygen atoms in total. The van der Waals surface area contributed by atoms with E-state index in [1.807, 2.05) is 12.2 Å². The number of nitrogens with zero attached hydrogens (tertiary/aromatic N) is 2. The van der Waals surface area contributed by atoms with Crippen molar-refractivity contribution >= 4 is 68.5 Å². The van der Waals surface area contributed by atoms with E-state index >= 15 is 0 Å². The summed E-state index contributed by atoms with van der Waals surface area (Å²) in [7, 11) is 0. The molecule has 0 unspecified atom stereocenters. The summed E-state index contributed by atoms with van der Waals surface area (Å²) in [4.78, 5) is 16.6. The molecule has 32 heavy (non-hydrogen) atoms. The standard InChI is InChI=1S/C26H17IN4.Pt/c27-17-3-1-16(2-4-17)25-14-24-13-22-8-7-20(29-22)11-18-5-6-19(28-18)12-21-9-10-23(30-21)15-26(25)31-24;/h1-15,28-29H;. The summed E-state index contributed by atoms with van der Waals surface area (Å²) in [6.45, 7) is 0. The second kappa shape index (κ2) is 8.64. The third-order valence-corrected chi connectivity index (χ3v) is 6.04. The van der Waals surface area contributed by atoms with Gasteiger partial charge in [0, 0.05) is 52.3 Å². The number of H-pyrrole nitrogens is 2. The maximum absolute atomic E-state index is 4.92. The minimum Gasteiger partial charge on any atom is -0.355 e. The maximum Gasteiger partial charge on any atom is 0.0737 e. The van der Waals surface area contributed by atoms with Crippen molar-refractivity contribution in [2.75, 3.05) is 0 Å². The van der Waals surface area contributed by atoms with Crippen LogP contribution in [-0.2, 0) is 21.1 Å². The molecule has 2 aliphatic heterocycles. The van der Waals surface area contributed by atoms with E-state index in [1.54, 1.807) is 0 Å². The van der Waals surface area contributed by atoms with Crippen LogP contribution in [0.4, 0.5) is 0 Å². The van der Waals surface area contributed by atoms with E-state index in [0.29, 0.717) is 0 Å². The van der Waals surface area contributed by atoms with Crippen molar-refractivity contribution in [3.63, 3.8) is 0 Å². The van der Waals surface area contributed by atoms with Gasteiger partial charge in [-0.2, -0.15) is 0 Å². The van der Waals surface area contributed by atoms with Crippen LogP contribution in [-0.4, -0.2) is 19.9 Å². The number of fused-ring (bicyclic) bond motifs is 8. The van der Waals surface area contributed by atoms with Gasteiger partial charge in [0.25, 0.3) is 0 Å². The van der Waals surface area contributed by atoms with Gasteiger partial charge < -0.3 is 9.97 Å². The Bertz CT molecular complexity index is 1540. The summed E-state index contributed by atoms with van der Waals surface area (Å²) in [6.07, 6.45) is 6.21. The first-order valence-electron chi connectivity index (χ1n) is 10.0. The van der Waals surface area contributed by atoms with E-state index in [4.69, 9.17) is 9.97 Å². The normalized spacial score (nSPS) is 12.3. The Morgan fingerprint density at radius 1 is 0.594 bits per heavy atom. The average Bonchev–Trinajstić information content (AvgIpc) is 3.54. The van der Waals surface area contributed by atoms with Crippen molar-refractivity contribution in [1.29, 1.82) is 0 Å². The van der Waals surface area contributed by atoms with Crippen molar-refractivity contribution in [3.05, 3.63) is 105 Å². The monoisotopic (exact) mass is 707 g/mol. The Morgan fingerprint density at radius 2 is 1.16 bits per heavy atom. The second-order valence-electron chi connectivity index (χ2n) is 7.60. The number of halogens is 1. The summed E-state index contributed by atoms with van der Waals surface area (Å²) < 4.78 is 1.21. The Labute approximate surface area is 213 Å². The fourth-order valence-corrected chi connectivity index (χ4v) is 4.23. The number of benzene rings is 1. The van der Waals surface area contributed by atoms with Crippen LogP contribution in [0.3, 0.4) is 0 Å². The Kier molecular flexibility index (Phi) is 5.70. The smallest absolute Gasteiger partial charge is 0.0737 e. The molecule has 0 saturated heterocycles. The van der Waals surface area contributed by atoms with Crippen LogP contribution in [0.5, 0.6) is 0 Å². The molecule has 0 spiro atoms.